The van der Waals surface area contributed by atoms with Crippen LogP contribution in [0.4, 0.5) is 5.69 Å². The fourth-order valence-electron chi connectivity index (χ4n) is 3.03. The third-order valence-corrected chi connectivity index (χ3v) is 4.38. The highest BCUT2D eigenvalue weighted by Crippen LogP contribution is 2.25. The summed E-state index contributed by atoms with van der Waals surface area (Å²) < 4.78 is 5.28. The van der Waals surface area contributed by atoms with Gasteiger partial charge in [0.2, 0.25) is 5.91 Å². The standard InChI is InChI=1S/C20H30N4O2/c1-15(25)24-18-13-17(9-10-19(18)26-3)14-23-20(21-2)22-12-11-16-7-5-4-6-8-16/h7,9-10,13H,4-6,8,11-12,14H2,1-3H3,(H,24,25)(H2,21,22,23). The molecule has 0 saturated heterocycles. The first kappa shape index (κ1) is 19.8. The number of nitrogens with one attached hydrogen (secondary N) is 3. The summed E-state index contributed by atoms with van der Waals surface area (Å²) in [7, 11) is 3.36. The molecule has 1 aromatic carbocycles. The van der Waals surface area contributed by atoms with E-state index in [4.69, 9.17) is 4.74 Å². The molecule has 0 bridgehead atoms. The largest absolute Gasteiger partial charge is 0.495 e. The van der Waals surface area contributed by atoms with Crippen molar-refractivity contribution in [1.29, 1.82) is 0 Å². The van der Waals surface area contributed by atoms with Crippen LogP contribution in [0.1, 0.15) is 44.6 Å². The zero-order valence-electron chi connectivity index (χ0n) is 16.0. The summed E-state index contributed by atoms with van der Waals surface area (Å²) in [6.45, 7) is 2.97. The van der Waals surface area contributed by atoms with Crippen molar-refractivity contribution < 1.29 is 9.53 Å². The molecule has 0 aromatic heterocycles. The summed E-state index contributed by atoms with van der Waals surface area (Å²) >= 11 is 0. The van der Waals surface area contributed by atoms with E-state index in [0.717, 1.165) is 24.5 Å². The van der Waals surface area contributed by atoms with Crippen LogP contribution in [-0.4, -0.2) is 32.6 Å². The van der Waals surface area contributed by atoms with Gasteiger partial charge in [-0.3, -0.25) is 9.79 Å². The average molecular weight is 358 g/mol. The Morgan fingerprint density at radius 3 is 2.77 bits per heavy atom. The van der Waals surface area contributed by atoms with E-state index in [1.165, 1.54) is 32.6 Å². The monoisotopic (exact) mass is 358 g/mol. The van der Waals surface area contributed by atoms with Gasteiger partial charge in [-0.2, -0.15) is 0 Å². The maximum Gasteiger partial charge on any atom is 0.221 e. The number of hydrogen-bond acceptors (Lipinski definition) is 3. The van der Waals surface area contributed by atoms with Crippen LogP contribution >= 0.6 is 0 Å². The molecular weight excluding hydrogens is 328 g/mol. The molecule has 0 atom stereocenters. The van der Waals surface area contributed by atoms with Gasteiger partial charge in [0.05, 0.1) is 12.8 Å². The van der Waals surface area contributed by atoms with Gasteiger partial charge in [-0.1, -0.05) is 17.7 Å². The first-order valence-corrected chi connectivity index (χ1v) is 9.19. The molecule has 0 saturated carbocycles. The molecule has 1 aliphatic carbocycles. The van der Waals surface area contributed by atoms with Gasteiger partial charge in [-0.25, -0.2) is 0 Å². The van der Waals surface area contributed by atoms with Crippen LogP contribution in [0, 0.1) is 0 Å². The zero-order chi connectivity index (χ0) is 18.8. The van der Waals surface area contributed by atoms with Crippen molar-refractivity contribution in [2.75, 3.05) is 26.0 Å². The minimum absolute atomic E-state index is 0.122. The van der Waals surface area contributed by atoms with Crippen molar-refractivity contribution in [3.05, 3.63) is 35.4 Å². The molecule has 1 aliphatic rings. The number of rotatable bonds is 7. The Bertz CT molecular complexity index is 668. The van der Waals surface area contributed by atoms with Crippen LogP contribution in [0.5, 0.6) is 5.75 Å². The number of nitrogens with zero attached hydrogens (tertiary/aromatic N) is 1. The Hall–Kier alpha value is -2.50. The van der Waals surface area contributed by atoms with Gasteiger partial charge in [-0.05, 0) is 49.8 Å². The SMILES string of the molecule is CN=C(NCCC1=CCCCC1)NCc1ccc(OC)c(NC(C)=O)c1. The molecule has 6 nitrogen and oxygen atoms in total. The number of allylic oxidation sites excluding steroid dienone is 1. The number of methoxy groups -OCH3 is 1. The number of guanidine groups is 1. The topological polar surface area (TPSA) is 74.8 Å². The molecule has 26 heavy (non-hydrogen) atoms. The highest BCUT2D eigenvalue weighted by atomic mass is 16.5. The molecule has 142 valence electrons. The molecule has 0 unspecified atom stereocenters. The molecular formula is C20H30N4O2. The fraction of sp³-hybridized carbons (Fsp3) is 0.500. The minimum Gasteiger partial charge on any atom is -0.495 e. The van der Waals surface area contributed by atoms with Crippen LogP contribution in [0.25, 0.3) is 0 Å². The number of hydrogen-bond donors (Lipinski definition) is 3. The maximum absolute atomic E-state index is 11.3. The second kappa shape index (κ2) is 10.5. The first-order valence-electron chi connectivity index (χ1n) is 9.19. The van der Waals surface area contributed by atoms with Gasteiger partial charge in [0.15, 0.2) is 5.96 Å². The lowest BCUT2D eigenvalue weighted by Gasteiger charge is -2.16. The van der Waals surface area contributed by atoms with Gasteiger partial charge in [0.1, 0.15) is 5.75 Å². The average Bonchev–Trinajstić information content (AvgIpc) is 2.65. The Morgan fingerprint density at radius 2 is 2.12 bits per heavy atom. The Balaban J connectivity index is 1.85. The van der Waals surface area contributed by atoms with Gasteiger partial charge in [0, 0.05) is 27.1 Å². The van der Waals surface area contributed by atoms with Crippen LogP contribution < -0.4 is 20.7 Å². The molecule has 1 amide bonds. The molecule has 6 heteroatoms. The molecule has 0 radical (unpaired) electrons. The van der Waals surface area contributed by atoms with Crippen LogP contribution in [0.15, 0.2) is 34.8 Å². The van der Waals surface area contributed by atoms with Crippen molar-refractivity contribution in [2.45, 2.75) is 45.6 Å². The van der Waals surface area contributed by atoms with Crippen molar-refractivity contribution >= 4 is 17.6 Å². The van der Waals surface area contributed by atoms with Crippen LogP contribution in [-0.2, 0) is 11.3 Å². The third kappa shape index (κ3) is 6.43. The zero-order valence-corrected chi connectivity index (χ0v) is 16.0. The summed E-state index contributed by atoms with van der Waals surface area (Å²) in [4.78, 5) is 15.6. The lowest BCUT2D eigenvalue weighted by molar-refractivity contribution is -0.114. The third-order valence-electron chi connectivity index (χ3n) is 4.38. The fourth-order valence-corrected chi connectivity index (χ4v) is 3.03. The van der Waals surface area contributed by atoms with Gasteiger partial charge in [0.25, 0.3) is 0 Å². The lowest BCUT2D eigenvalue weighted by atomic mass is 9.97. The van der Waals surface area contributed by atoms with E-state index in [1.807, 2.05) is 18.2 Å². The number of anilines is 1. The summed E-state index contributed by atoms with van der Waals surface area (Å²) in [6, 6.07) is 5.73. The number of carbonyl (C=O) groups is 1. The second-order valence-electron chi connectivity index (χ2n) is 6.43. The highest BCUT2D eigenvalue weighted by Gasteiger charge is 2.07. The van der Waals surface area contributed by atoms with E-state index < -0.39 is 0 Å². The predicted octanol–water partition coefficient (Wildman–Crippen LogP) is 3.21. The van der Waals surface area contributed by atoms with E-state index >= 15 is 0 Å². The van der Waals surface area contributed by atoms with E-state index in [0.29, 0.717) is 18.0 Å². The summed E-state index contributed by atoms with van der Waals surface area (Å²) in [5, 5.41) is 9.46. The number of benzene rings is 1. The Labute approximate surface area is 156 Å². The van der Waals surface area contributed by atoms with Crippen LogP contribution in [0.2, 0.25) is 0 Å². The smallest absolute Gasteiger partial charge is 0.221 e. The molecule has 0 heterocycles. The van der Waals surface area contributed by atoms with Gasteiger partial charge >= 0.3 is 0 Å². The summed E-state index contributed by atoms with van der Waals surface area (Å²) in [5.74, 6) is 1.30. The van der Waals surface area contributed by atoms with E-state index in [9.17, 15) is 4.79 Å². The van der Waals surface area contributed by atoms with Crippen molar-refractivity contribution in [1.82, 2.24) is 10.6 Å². The molecule has 1 aromatic rings. The number of aliphatic imine (C=N–C) groups is 1. The number of amides is 1. The number of carbonyl (C=O) groups excluding carboxylic acids is 1. The number of ether oxygens (including phenoxy) is 1. The lowest BCUT2D eigenvalue weighted by Crippen LogP contribution is -2.37. The van der Waals surface area contributed by atoms with Crippen molar-refractivity contribution in [3.63, 3.8) is 0 Å². The molecule has 0 spiro atoms. The van der Waals surface area contributed by atoms with E-state index in [1.54, 1.807) is 19.7 Å². The summed E-state index contributed by atoms with van der Waals surface area (Å²) in [5.41, 5.74) is 3.26. The summed E-state index contributed by atoms with van der Waals surface area (Å²) in [6.07, 6.45) is 8.52. The van der Waals surface area contributed by atoms with E-state index in [-0.39, 0.29) is 5.91 Å². The van der Waals surface area contributed by atoms with E-state index in [2.05, 4.69) is 27.0 Å². The van der Waals surface area contributed by atoms with Gasteiger partial charge in [-0.15, -0.1) is 0 Å². The predicted molar refractivity (Wildman–Crippen MR) is 107 cm³/mol. The molecule has 0 fully saturated rings. The van der Waals surface area contributed by atoms with Crippen LogP contribution in [0.3, 0.4) is 0 Å². The normalized spacial score (nSPS) is 14.4. The van der Waals surface area contributed by atoms with Crippen molar-refractivity contribution in [2.24, 2.45) is 4.99 Å². The van der Waals surface area contributed by atoms with Gasteiger partial charge < -0.3 is 20.7 Å². The maximum atomic E-state index is 11.3. The molecule has 2 rings (SSSR count). The Morgan fingerprint density at radius 1 is 1.27 bits per heavy atom. The molecule has 0 aliphatic heterocycles. The van der Waals surface area contributed by atoms with Crippen molar-refractivity contribution in [3.8, 4) is 5.75 Å². The Kier molecular flexibility index (Phi) is 7.99. The first-order chi connectivity index (χ1) is 12.6. The molecule has 3 N–H and O–H groups in total. The quantitative estimate of drug-likeness (QED) is 0.397. The highest BCUT2D eigenvalue weighted by molar-refractivity contribution is 5.90. The second-order valence-corrected chi connectivity index (χ2v) is 6.43. The minimum atomic E-state index is -0.122.